The molecule has 0 spiro atoms. The largest absolute Gasteiger partial charge is 0.349 e. The van der Waals surface area contributed by atoms with Crippen LogP contribution in [-0.2, 0) is 34.2 Å². The van der Waals surface area contributed by atoms with Crippen molar-refractivity contribution in [3.8, 4) is 0 Å². The molecular formula is C22H24N4O3S. The van der Waals surface area contributed by atoms with Crippen LogP contribution in [0.5, 0.6) is 0 Å². The standard InChI is InChI=1S/C22H24N4O3S/c23-30(28,29)18-11-9-16(10-12-18)13-22(27)25-20-7-4-8-21-19(20)14-24-26(21)15-17-5-2-1-3-6-17/h1-3,5-6,9-12,14,20H,4,7-8,13,15H2,(H,25,27)(H2,23,28,29). The molecule has 2 aromatic carbocycles. The van der Waals surface area contributed by atoms with E-state index in [1.54, 1.807) is 12.1 Å². The maximum atomic E-state index is 12.6. The van der Waals surface area contributed by atoms with Gasteiger partial charge in [0.1, 0.15) is 0 Å². The quantitative estimate of drug-likeness (QED) is 0.633. The number of hydrogen-bond donors (Lipinski definition) is 2. The molecule has 0 radical (unpaired) electrons. The Morgan fingerprint density at radius 2 is 1.83 bits per heavy atom. The Kier molecular flexibility index (Phi) is 5.69. The predicted molar refractivity (Wildman–Crippen MR) is 113 cm³/mol. The third-order valence-corrected chi connectivity index (χ3v) is 6.32. The summed E-state index contributed by atoms with van der Waals surface area (Å²) in [6.07, 6.45) is 4.85. The lowest BCUT2D eigenvalue weighted by molar-refractivity contribution is -0.121. The van der Waals surface area contributed by atoms with Gasteiger partial charge in [0, 0.05) is 11.3 Å². The average Bonchev–Trinajstić information content (AvgIpc) is 3.12. The van der Waals surface area contributed by atoms with Crippen LogP contribution in [0.2, 0.25) is 0 Å². The topological polar surface area (TPSA) is 107 Å². The number of nitrogens with one attached hydrogen (secondary N) is 1. The summed E-state index contributed by atoms with van der Waals surface area (Å²) in [6.45, 7) is 0.716. The molecule has 4 rings (SSSR count). The van der Waals surface area contributed by atoms with E-state index in [1.165, 1.54) is 23.4 Å². The fraction of sp³-hybridized carbons (Fsp3) is 0.273. The number of hydrogen-bond acceptors (Lipinski definition) is 4. The molecule has 0 saturated carbocycles. The molecule has 1 heterocycles. The SMILES string of the molecule is NS(=O)(=O)c1ccc(CC(=O)NC2CCCc3c2cnn3Cc2ccccc2)cc1. The molecule has 7 nitrogen and oxygen atoms in total. The van der Waals surface area contributed by atoms with Crippen LogP contribution in [0.15, 0.2) is 65.7 Å². The van der Waals surface area contributed by atoms with Gasteiger partial charge in [-0.3, -0.25) is 9.48 Å². The van der Waals surface area contributed by atoms with Gasteiger partial charge in [-0.2, -0.15) is 5.10 Å². The Morgan fingerprint density at radius 1 is 1.10 bits per heavy atom. The first-order valence-electron chi connectivity index (χ1n) is 9.90. The van der Waals surface area contributed by atoms with Gasteiger partial charge >= 0.3 is 0 Å². The third-order valence-electron chi connectivity index (χ3n) is 5.39. The Bertz CT molecular complexity index is 1140. The molecule has 3 N–H and O–H groups in total. The lowest BCUT2D eigenvalue weighted by Gasteiger charge is -2.24. The van der Waals surface area contributed by atoms with E-state index in [2.05, 4.69) is 22.5 Å². The van der Waals surface area contributed by atoms with Gasteiger partial charge in [0.25, 0.3) is 0 Å². The van der Waals surface area contributed by atoms with Crippen LogP contribution in [-0.4, -0.2) is 24.1 Å². The molecule has 0 saturated heterocycles. The van der Waals surface area contributed by atoms with Gasteiger partial charge in [-0.15, -0.1) is 0 Å². The van der Waals surface area contributed by atoms with E-state index in [0.29, 0.717) is 6.54 Å². The number of benzene rings is 2. The van der Waals surface area contributed by atoms with Gasteiger partial charge in [-0.25, -0.2) is 13.6 Å². The molecule has 0 fully saturated rings. The molecule has 0 aliphatic heterocycles. The highest BCUT2D eigenvalue weighted by Gasteiger charge is 2.25. The van der Waals surface area contributed by atoms with Crippen LogP contribution >= 0.6 is 0 Å². The second-order valence-electron chi connectivity index (χ2n) is 7.57. The molecule has 1 aliphatic rings. The van der Waals surface area contributed by atoms with Crippen LogP contribution in [0.4, 0.5) is 0 Å². The van der Waals surface area contributed by atoms with Crippen molar-refractivity contribution in [3.05, 3.63) is 83.2 Å². The molecule has 30 heavy (non-hydrogen) atoms. The Balaban J connectivity index is 1.43. The van der Waals surface area contributed by atoms with Gasteiger partial charge in [-0.1, -0.05) is 42.5 Å². The van der Waals surface area contributed by atoms with Gasteiger partial charge in [0.15, 0.2) is 0 Å². The first-order chi connectivity index (χ1) is 14.4. The van der Waals surface area contributed by atoms with E-state index in [-0.39, 0.29) is 23.3 Å². The summed E-state index contributed by atoms with van der Waals surface area (Å²) < 4.78 is 24.7. The first-order valence-corrected chi connectivity index (χ1v) is 11.4. The number of aromatic nitrogens is 2. The van der Waals surface area contributed by atoms with Crippen molar-refractivity contribution >= 4 is 15.9 Å². The van der Waals surface area contributed by atoms with Gasteiger partial charge < -0.3 is 5.32 Å². The third kappa shape index (κ3) is 4.60. The van der Waals surface area contributed by atoms with Gasteiger partial charge in [-0.05, 0) is 42.5 Å². The molecule has 0 bridgehead atoms. The summed E-state index contributed by atoms with van der Waals surface area (Å²) in [4.78, 5) is 12.6. The summed E-state index contributed by atoms with van der Waals surface area (Å²) >= 11 is 0. The molecule has 3 aromatic rings. The van der Waals surface area contributed by atoms with Crippen molar-refractivity contribution < 1.29 is 13.2 Å². The van der Waals surface area contributed by atoms with Crippen LogP contribution < -0.4 is 10.5 Å². The summed E-state index contributed by atoms with van der Waals surface area (Å²) in [5.41, 5.74) is 4.18. The lowest BCUT2D eigenvalue weighted by Crippen LogP contribution is -2.32. The van der Waals surface area contributed by atoms with Crippen LogP contribution in [0.1, 0.15) is 41.3 Å². The highest BCUT2D eigenvalue weighted by Crippen LogP contribution is 2.30. The zero-order valence-corrected chi connectivity index (χ0v) is 17.3. The zero-order chi connectivity index (χ0) is 21.1. The average molecular weight is 425 g/mol. The summed E-state index contributed by atoms with van der Waals surface area (Å²) in [5.74, 6) is -0.105. The molecule has 1 amide bonds. The minimum Gasteiger partial charge on any atom is -0.349 e. The maximum Gasteiger partial charge on any atom is 0.238 e. The number of carbonyl (C=O) groups is 1. The van der Waals surface area contributed by atoms with Crippen molar-refractivity contribution in [2.24, 2.45) is 5.14 Å². The fourth-order valence-electron chi connectivity index (χ4n) is 3.89. The number of fused-ring (bicyclic) bond motifs is 1. The van der Waals surface area contributed by atoms with Crippen molar-refractivity contribution in [2.45, 2.75) is 43.2 Å². The Hall–Kier alpha value is -2.97. The van der Waals surface area contributed by atoms with Gasteiger partial charge in [0.05, 0.1) is 30.1 Å². The molecule has 156 valence electrons. The number of rotatable bonds is 6. The monoisotopic (exact) mass is 424 g/mol. The number of amides is 1. The van der Waals surface area contributed by atoms with E-state index in [9.17, 15) is 13.2 Å². The second kappa shape index (κ2) is 8.41. The molecule has 1 aromatic heterocycles. The molecule has 8 heteroatoms. The molecule has 1 unspecified atom stereocenters. The van der Waals surface area contributed by atoms with Crippen LogP contribution in [0.3, 0.4) is 0 Å². The number of nitrogens with zero attached hydrogens (tertiary/aromatic N) is 2. The highest BCUT2D eigenvalue weighted by atomic mass is 32.2. The number of sulfonamides is 1. The van der Waals surface area contributed by atoms with Crippen molar-refractivity contribution in [1.82, 2.24) is 15.1 Å². The van der Waals surface area contributed by atoms with Crippen LogP contribution in [0.25, 0.3) is 0 Å². The van der Waals surface area contributed by atoms with E-state index in [0.717, 1.165) is 30.4 Å². The minimum atomic E-state index is -3.73. The Morgan fingerprint density at radius 3 is 2.53 bits per heavy atom. The van der Waals surface area contributed by atoms with E-state index in [4.69, 9.17) is 5.14 Å². The normalized spacial score (nSPS) is 16.1. The minimum absolute atomic E-state index is 0.0365. The van der Waals surface area contributed by atoms with Crippen molar-refractivity contribution in [2.75, 3.05) is 0 Å². The van der Waals surface area contributed by atoms with Crippen LogP contribution in [0, 0.1) is 0 Å². The zero-order valence-electron chi connectivity index (χ0n) is 16.5. The highest BCUT2D eigenvalue weighted by molar-refractivity contribution is 7.89. The smallest absolute Gasteiger partial charge is 0.238 e. The second-order valence-corrected chi connectivity index (χ2v) is 9.13. The van der Waals surface area contributed by atoms with Crippen molar-refractivity contribution in [3.63, 3.8) is 0 Å². The number of nitrogens with two attached hydrogens (primary N) is 1. The molecule has 1 aliphatic carbocycles. The number of carbonyl (C=O) groups excluding carboxylic acids is 1. The summed E-state index contributed by atoms with van der Waals surface area (Å²) in [6, 6.07) is 16.2. The van der Waals surface area contributed by atoms with E-state index in [1.807, 2.05) is 29.1 Å². The number of primary sulfonamides is 1. The maximum absolute atomic E-state index is 12.6. The lowest BCUT2D eigenvalue weighted by atomic mass is 9.92. The van der Waals surface area contributed by atoms with E-state index >= 15 is 0 Å². The predicted octanol–water partition coefficient (Wildman–Crippen LogP) is 2.32. The van der Waals surface area contributed by atoms with Gasteiger partial charge in [0.2, 0.25) is 15.9 Å². The first kappa shape index (κ1) is 20.3. The molecular weight excluding hydrogens is 400 g/mol. The summed E-state index contributed by atoms with van der Waals surface area (Å²) in [7, 11) is -3.73. The van der Waals surface area contributed by atoms with E-state index < -0.39 is 10.0 Å². The van der Waals surface area contributed by atoms with Crippen molar-refractivity contribution in [1.29, 1.82) is 0 Å². The Labute approximate surface area is 176 Å². The fourth-order valence-corrected chi connectivity index (χ4v) is 4.40. The summed E-state index contributed by atoms with van der Waals surface area (Å²) in [5, 5.41) is 12.8. The molecule has 1 atom stereocenters.